The Hall–Kier alpha value is -3.26. The molecule has 5 nitrogen and oxygen atoms in total. The van der Waals surface area contributed by atoms with Gasteiger partial charge in [-0.25, -0.2) is 9.18 Å². The van der Waals surface area contributed by atoms with Gasteiger partial charge >= 0.3 is 12.6 Å². The number of aromatic carboxylic acids is 1. The first-order chi connectivity index (χ1) is 15.3. The van der Waals surface area contributed by atoms with Gasteiger partial charge in [0.15, 0.2) is 5.75 Å². The molecule has 170 valence electrons. The number of ether oxygens (including phenoxy) is 2. The van der Waals surface area contributed by atoms with Crippen LogP contribution in [0.25, 0.3) is 5.69 Å². The second kappa shape index (κ2) is 10.4. The molecule has 0 radical (unpaired) electrons. The summed E-state index contributed by atoms with van der Waals surface area (Å²) in [7, 11) is 0. The van der Waals surface area contributed by atoms with E-state index < -0.39 is 18.4 Å². The van der Waals surface area contributed by atoms with Crippen LogP contribution < -0.4 is 4.74 Å². The Morgan fingerprint density at radius 2 is 1.84 bits per heavy atom. The number of carbonyl (C=O) groups is 1. The lowest BCUT2D eigenvalue weighted by Gasteiger charge is -2.19. The van der Waals surface area contributed by atoms with E-state index in [0.717, 1.165) is 17.7 Å². The zero-order valence-corrected chi connectivity index (χ0v) is 17.7. The molecule has 0 spiro atoms. The minimum absolute atomic E-state index is 0.0464. The molecule has 0 aliphatic carbocycles. The van der Waals surface area contributed by atoms with E-state index in [0.29, 0.717) is 30.8 Å². The summed E-state index contributed by atoms with van der Waals surface area (Å²) in [5.74, 6) is -2.26. The molecule has 1 N–H and O–H groups in total. The second-order valence-electron chi connectivity index (χ2n) is 7.29. The van der Waals surface area contributed by atoms with E-state index in [1.807, 2.05) is 37.3 Å². The molecule has 1 heterocycles. The minimum Gasteiger partial charge on any atom is -0.478 e. The molecule has 8 heteroatoms. The lowest BCUT2D eigenvalue weighted by Crippen LogP contribution is -2.16. The van der Waals surface area contributed by atoms with E-state index in [4.69, 9.17) is 4.74 Å². The van der Waals surface area contributed by atoms with Crippen LogP contribution in [0.1, 0.15) is 41.2 Å². The number of nitrogens with zero attached hydrogens (tertiary/aromatic N) is 1. The third kappa shape index (κ3) is 5.50. The first-order valence-electron chi connectivity index (χ1n) is 10.2. The zero-order chi connectivity index (χ0) is 23.3. The largest absolute Gasteiger partial charge is 0.478 e. The lowest BCUT2D eigenvalue weighted by atomic mass is 10.1. The molecule has 3 rings (SSSR count). The molecule has 0 aliphatic rings. The molecule has 0 saturated heterocycles. The lowest BCUT2D eigenvalue weighted by molar-refractivity contribution is -0.0500. The molecule has 0 aliphatic heterocycles. The Kier molecular flexibility index (Phi) is 7.58. The predicted molar refractivity (Wildman–Crippen MR) is 113 cm³/mol. The van der Waals surface area contributed by atoms with Crippen LogP contribution in [0.2, 0.25) is 0 Å². The van der Waals surface area contributed by atoms with E-state index in [1.165, 1.54) is 12.1 Å². The molecule has 0 fully saturated rings. The zero-order valence-electron chi connectivity index (χ0n) is 17.7. The van der Waals surface area contributed by atoms with Crippen molar-refractivity contribution in [3.05, 3.63) is 82.9 Å². The highest BCUT2D eigenvalue weighted by Crippen LogP contribution is 2.32. The van der Waals surface area contributed by atoms with Gasteiger partial charge in [0.1, 0.15) is 5.82 Å². The number of hydrogen-bond acceptors (Lipinski definition) is 3. The molecule has 0 unspecified atom stereocenters. The second-order valence-corrected chi connectivity index (χ2v) is 7.29. The van der Waals surface area contributed by atoms with Crippen molar-refractivity contribution in [2.75, 3.05) is 0 Å². The summed E-state index contributed by atoms with van der Waals surface area (Å²) in [6.45, 7) is 0.805. The number of halogens is 3. The highest BCUT2D eigenvalue weighted by atomic mass is 19.3. The van der Waals surface area contributed by atoms with Gasteiger partial charge in [-0.2, -0.15) is 8.78 Å². The van der Waals surface area contributed by atoms with Crippen LogP contribution in [0.4, 0.5) is 13.2 Å². The smallest absolute Gasteiger partial charge is 0.387 e. The highest BCUT2D eigenvalue weighted by molar-refractivity contribution is 5.90. The fourth-order valence-electron chi connectivity index (χ4n) is 3.62. The van der Waals surface area contributed by atoms with Gasteiger partial charge in [0.2, 0.25) is 0 Å². The van der Waals surface area contributed by atoms with Gasteiger partial charge in [0.25, 0.3) is 0 Å². The quantitative estimate of drug-likeness (QED) is 0.438. The number of alkyl halides is 2. The number of rotatable bonds is 10. The van der Waals surface area contributed by atoms with Crippen molar-refractivity contribution in [2.45, 2.75) is 46.0 Å². The molecule has 32 heavy (non-hydrogen) atoms. The first-order valence-corrected chi connectivity index (χ1v) is 10.2. The summed E-state index contributed by atoms with van der Waals surface area (Å²) in [6, 6.07) is 14.4. The summed E-state index contributed by atoms with van der Waals surface area (Å²) in [4.78, 5) is 11.8. The molecule has 0 bridgehead atoms. The Labute approximate surface area is 184 Å². The van der Waals surface area contributed by atoms with E-state index in [1.54, 1.807) is 11.5 Å². The van der Waals surface area contributed by atoms with Gasteiger partial charge in [-0.1, -0.05) is 37.3 Å². The fraction of sp³-hybridized carbons (Fsp3) is 0.292. The number of carboxylic acids is 1. The average molecular weight is 447 g/mol. The Morgan fingerprint density at radius 3 is 2.47 bits per heavy atom. The van der Waals surface area contributed by atoms with E-state index in [9.17, 15) is 23.1 Å². The summed E-state index contributed by atoms with van der Waals surface area (Å²) in [5.41, 5.74) is 2.10. The topological polar surface area (TPSA) is 60.7 Å². The minimum atomic E-state index is -3.16. The van der Waals surface area contributed by atoms with Crippen LogP contribution in [-0.4, -0.2) is 28.4 Å². The Morgan fingerprint density at radius 1 is 1.12 bits per heavy atom. The van der Waals surface area contributed by atoms with Gasteiger partial charge in [-0.3, -0.25) is 0 Å². The van der Waals surface area contributed by atoms with Crippen molar-refractivity contribution < 1.29 is 32.5 Å². The van der Waals surface area contributed by atoms with Crippen molar-refractivity contribution >= 4 is 5.97 Å². The van der Waals surface area contributed by atoms with Crippen LogP contribution in [-0.2, 0) is 24.2 Å². The molecule has 0 amide bonds. The third-order valence-electron chi connectivity index (χ3n) is 5.00. The molecule has 2 aromatic carbocycles. The van der Waals surface area contributed by atoms with Crippen LogP contribution in [0.3, 0.4) is 0 Å². The normalized spacial score (nSPS) is 12.2. The van der Waals surface area contributed by atoms with Crippen molar-refractivity contribution in [3.63, 3.8) is 0 Å². The maximum atomic E-state index is 13.8. The van der Waals surface area contributed by atoms with Crippen LogP contribution >= 0.6 is 0 Å². The Balaban J connectivity index is 1.99. The number of benzene rings is 2. The van der Waals surface area contributed by atoms with Crippen LogP contribution in [0.15, 0.2) is 54.6 Å². The third-order valence-corrected chi connectivity index (χ3v) is 5.00. The summed E-state index contributed by atoms with van der Waals surface area (Å²) < 4.78 is 51.7. The molecule has 0 saturated carbocycles. The standard InChI is InChI=1S/C24H24F3NO4/c1-3-20-19(23(29)30)13-18(11-15(2)31-14-16-7-5-4-6-8-16)28(20)21-10-9-17(25)12-22(21)32-24(26)27/h4-10,12-13,15,24H,3,11,14H2,1-2H3,(H,29,30)/t15-/m0/s1. The number of aromatic nitrogens is 1. The maximum absolute atomic E-state index is 13.8. The van der Waals surface area contributed by atoms with Gasteiger partial charge < -0.3 is 19.1 Å². The van der Waals surface area contributed by atoms with Crippen molar-refractivity contribution in [1.82, 2.24) is 4.57 Å². The van der Waals surface area contributed by atoms with E-state index in [2.05, 4.69) is 4.74 Å². The molecule has 3 aromatic rings. The Bertz CT molecular complexity index is 1070. The van der Waals surface area contributed by atoms with E-state index in [-0.39, 0.29) is 23.1 Å². The first kappa shape index (κ1) is 23.4. The summed E-state index contributed by atoms with van der Waals surface area (Å²) >= 11 is 0. The molecule has 1 atom stereocenters. The van der Waals surface area contributed by atoms with Gasteiger partial charge in [0.05, 0.1) is 24.0 Å². The highest BCUT2D eigenvalue weighted by Gasteiger charge is 2.24. The maximum Gasteiger partial charge on any atom is 0.387 e. The molecular formula is C24H24F3NO4. The fourth-order valence-corrected chi connectivity index (χ4v) is 3.62. The molecule has 1 aromatic heterocycles. The van der Waals surface area contributed by atoms with Crippen molar-refractivity contribution in [1.29, 1.82) is 0 Å². The van der Waals surface area contributed by atoms with Gasteiger partial charge in [0, 0.05) is 23.9 Å². The monoisotopic (exact) mass is 447 g/mol. The summed E-state index contributed by atoms with van der Waals surface area (Å²) in [5, 5.41) is 9.67. The van der Waals surface area contributed by atoms with Crippen LogP contribution in [0.5, 0.6) is 5.75 Å². The van der Waals surface area contributed by atoms with Crippen molar-refractivity contribution in [2.24, 2.45) is 0 Å². The molecular weight excluding hydrogens is 423 g/mol. The number of carboxylic acid groups (broad SMARTS) is 1. The van der Waals surface area contributed by atoms with Gasteiger partial charge in [-0.05, 0) is 37.1 Å². The SMILES string of the molecule is CCc1c(C(=O)O)cc(C[C@H](C)OCc2ccccc2)n1-c1ccc(F)cc1OC(F)F. The van der Waals surface area contributed by atoms with Gasteiger partial charge in [-0.15, -0.1) is 0 Å². The van der Waals surface area contributed by atoms with E-state index >= 15 is 0 Å². The average Bonchev–Trinajstić information content (AvgIpc) is 3.11. The van der Waals surface area contributed by atoms with Crippen molar-refractivity contribution in [3.8, 4) is 11.4 Å². The number of hydrogen-bond donors (Lipinski definition) is 1. The summed E-state index contributed by atoms with van der Waals surface area (Å²) in [6.07, 6.45) is 0.306. The predicted octanol–water partition coefficient (Wildman–Crippen LogP) is 5.63. The van der Waals surface area contributed by atoms with Crippen LogP contribution in [0, 0.1) is 5.82 Å².